The Kier molecular flexibility index (Phi) is 3.13. The highest BCUT2D eigenvalue weighted by atomic mass is 35.7. The van der Waals surface area contributed by atoms with Crippen molar-refractivity contribution < 1.29 is 22.3 Å². The van der Waals surface area contributed by atoms with Crippen LogP contribution in [0.5, 0.6) is 0 Å². The van der Waals surface area contributed by atoms with Gasteiger partial charge in [-0.05, 0) is 0 Å². The van der Waals surface area contributed by atoms with E-state index in [1.165, 1.54) is 0 Å². The standard InChI is InChI=1S/C6H4ClFO4S2/c1-12-6(9)5-3(8)2-4(13-5)14(7,10)11/h2H,1H3. The van der Waals surface area contributed by atoms with E-state index in [9.17, 15) is 17.6 Å². The van der Waals surface area contributed by atoms with Crippen LogP contribution in [0.4, 0.5) is 4.39 Å². The minimum absolute atomic E-state index is 0.410. The molecule has 0 bridgehead atoms. The molecule has 1 rings (SSSR count). The van der Waals surface area contributed by atoms with Crippen LogP contribution < -0.4 is 0 Å². The summed E-state index contributed by atoms with van der Waals surface area (Å²) >= 11 is 0.430. The lowest BCUT2D eigenvalue weighted by molar-refractivity contribution is 0.0601. The Morgan fingerprint density at radius 1 is 1.64 bits per heavy atom. The van der Waals surface area contributed by atoms with Crippen LogP contribution in [0.3, 0.4) is 0 Å². The second-order valence-corrected chi connectivity index (χ2v) is 6.02. The molecule has 1 aromatic rings. The minimum atomic E-state index is -4.00. The SMILES string of the molecule is COC(=O)c1sc(S(=O)(=O)Cl)cc1F. The zero-order valence-electron chi connectivity index (χ0n) is 6.78. The van der Waals surface area contributed by atoms with E-state index in [2.05, 4.69) is 4.74 Å². The first-order chi connectivity index (χ1) is 6.36. The van der Waals surface area contributed by atoms with Gasteiger partial charge in [-0.2, -0.15) is 0 Å². The molecule has 4 nitrogen and oxygen atoms in total. The molecule has 0 amide bonds. The summed E-state index contributed by atoms with van der Waals surface area (Å²) in [6.45, 7) is 0. The molecular formula is C6H4ClFO4S2. The number of halogens is 2. The fourth-order valence-electron chi connectivity index (χ4n) is 0.700. The third kappa shape index (κ3) is 2.23. The van der Waals surface area contributed by atoms with Gasteiger partial charge in [0.05, 0.1) is 7.11 Å². The molecule has 0 aromatic carbocycles. The molecule has 0 unspecified atom stereocenters. The van der Waals surface area contributed by atoms with E-state index < -0.39 is 29.9 Å². The molecular weight excluding hydrogens is 255 g/mol. The summed E-state index contributed by atoms with van der Waals surface area (Å²) in [5.74, 6) is -1.89. The molecule has 0 N–H and O–H groups in total. The van der Waals surface area contributed by atoms with Gasteiger partial charge in [-0.3, -0.25) is 0 Å². The zero-order valence-corrected chi connectivity index (χ0v) is 9.17. The van der Waals surface area contributed by atoms with Gasteiger partial charge < -0.3 is 4.74 Å². The van der Waals surface area contributed by atoms with Crippen molar-refractivity contribution in [2.24, 2.45) is 0 Å². The summed E-state index contributed by atoms with van der Waals surface area (Å²) in [6, 6.07) is 0.680. The van der Waals surface area contributed by atoms with E-state index >= 15 is 0 Å². The van der Waals surface area contributed by atoms with Crippen LogP contribution >= 0.6 is 22.0 Å². The van der Waals surface area contributed by atoms with Crippen molar-refractivity contribution in [2.75, 3.05) is 7.11 Å². The largest absolute Gasteiger partial charge is 0.465 e. The monoisotopic (exact) mass is 258 g/mol. The number of carbonyl (C=O) groups is 1. The Labute approximate surface area is 87.7 Å². The van der Waals surface area contributed by atoms with Gasteiger partial charge in [-0.1, -0.05) is 0 Å². The summed E-state index contributed by atoms with van der Waals surface area (Å²) in [6.07, 6.45) is 0. The molecule has 0 saturated carbocycles. The quantitative estimate of drug-likeness (QED) is 0.597. The number of carbonyl (C=O) groups excluding carboxylic acids is 1. The van der Waals surface area contributed by atoms with Crippen LogP contribution in [0.15, 0.2) is 10.3 Å². The van der Waals surface area contributed by atoms with Crippen molar-refractivity contribution in [3.63, 3.8) is 0 Å². The highest BCUT2D eigenvalue weighted by Crippen LogP contribution is 2.28. The lowest BCUT2D eigenvalue weighted by atomic mass is 10.4. The highest BCUT2D eigenvalue weighted by Gasteiger charge is 2.22. The summed E-state index contributed by atoms with van der Waals surface area (Å²) in [5, 5.41) is 0. The van der Waals surface area contributed by atoms with E-state index in [0.717, 1.165) is 7.11 Å². The van der Waals surface area contributed by atoms with Crippen LogP contribution in [0.25, 0.3) is 0 Å². The van der Waals surface area contributed by atoms with Crippen LogP contribution in [0, 0.1) is 5.82 Å². The fourth-order valence-corrected chi connectivity index (χ4v) is 2.70. The third-order valence-corrected chi connectivity index (χ3v) is 4.44. The molecule has 14 heavy (non-hydrogen) atoms. The van der Waals surface area contributed by atoms with Crippen LogP contribution in [0.2, 0.25) is 0 Å². The maximum Gasteiger partial charge on any atom is 0.351 e. The number of hydrogen-bond donors (Lipinski definition) is 0. The van der Waals surface area contributed by atoms with Crippen molar-refractivity contribution in [1.29, 1.82) is 0 Å². The normalized spacial score (nSPS) is 11.4. The second-order valence-electron chi connectivity index (χ2n) is 2.17. The molecule has 0 saturated heterocycles. The number of methoxy groups -OCH3 is 1. The molecule has 78 valence electrons. The molecule has 1 aromatic heterocycles. The first-order valence-corrected chi connectivity index (χ1v) is 6.31. The van der Waals surface area contributed by atoms with Crippen LogP contribution in [-0.4, -0.2) is 21.5 Å². The first-order valence-electron chi connectivity index (χ1n) is 3.18. The number of hydrogen-bond acceptors (Lipinski definition) is 5. The van der Waals surface area contributed by atoms with Crippen LogP contribution in [-0.2, 0) is 13.8 Å². The van der Waals surface area contributed by atoms with Crippen molar-refractivity contribution in [3.05, 3.63) is 16.8 Å². The lowest BCUT2D eigenvalue weighted by Crippen LogP contribution is -1.99. The number of esters is 1. The van der Waals surface area contributed by atoms with Gasteiger partial charge in [0, 0.05) is 16.7 Å². The molecule has 0 radical (unpaired) electrons. The topological polar surface area (TPSA) is 60.4 Å². The van der Waals surface area contributed by atoms with Gasteiger partial charge in [0.2, 0.25) is 0 Å². The van der Waals surface area contributed by atoms with E-state index in [1.807, 2.05) is 0 Å². The van der Waals surface area contributed by atoms with Gasteiger partial charge in [-0.25, -0.2) is 17.6 Å². The average Bonchev–Trinajstić information content (AvgIpc) is 2.45. The molecule has 0 aliphatic rings. The van der Waals surface area contributed by atoms with Crippen molar-refractivity contribution in [2.45, 2.75) is 4.21 Å². The van der Waals surface area contributed by atoms with Gasteiger partial charge in [0.1, 0.15) is 14.9 Å². The number of rotatable bonds is 2. The molecule has 0 aliphatic heterocycles. The summed E-state index contributed by atoms with van der Waals surface area (Å²) in [5.41, 5.74) is 0. The summed E-state index contributed by atoms with van der Waals surface area (Å²) < 4.78 is 38.3. The number of thiophene rings is 1. The Morgan fingerprint density at radius 2 is 2.21 bits per heavy atom. The Morgan fingerprint density at radius 3 is 2.57 bits per heavy atom. The zero-order chi connectivity index (χ0) is 10.9. The second kappa shape index (κ2) is 3.84. The maximum atomic E-state index is 13.0. The third-order valence-electron chi connectivity index (χ3n) is 1.28. The van der Waals surface area contributed by atoms with Gasteiger partial charge in [0.15, 0.2) is 0 Å². The summed E-state index contributed by atoms with van der Waals surface area (Å²) in [7, 11) is 2.02. The highest BCUT2D eigenvalue weighted by molar-refractivity contribution is 8.15. The van der Waals surface area contributed by atoms with Crippen molar-refractivity contribution in [3.8, 4) is 0 Å². The fraction of sp³-hybridized carbons (Fsp3) is 0.167. The Balaban J connectivity index is 3.25. The smallest absolute Gasteiger partial charge is 0.351 e. The molecule has 1 heterocycles. The molecule has 0 spiro atoms. The van der Waals surface area contributed by atoms with E-state index in [-0.39, 0.29) is 0 Å². The van der Waals surface area contributed by atoms with Gasteiger partial charge in [0.25, 0.3) is 9.05 Å². The maximum absolute atomic E-state index is 13.0. The van der Waals surface area contributed by atoms with Crippen molar-refractivity contribution in [1.82, 2.24) is 0 Å². The molecule has 0 fully saturated rings. The van der Waals surface area contributed by atoms with E-state index in [0.29, 0.717) is 17.4 Å². The van der Waals surface area contributed by atoms with E-state index in [4.69, 9.17) is 10.7 Å². The Bertz CT molecular complexity index is 464. The van der Waals surface area contributed by atoms with Crippen LogP contribution in [0.1, 0.15) is 9.67 Å². The first kappa shape index (κ1) is 11.4. The van der Waals surface area contributed by atoms with Crippen molar-refractivity contribution >= 4 is 37.0 Å². The predicted octanol–water partition coefficient (Wildman–Crippen LogP) is 1.60. The average molecular weight is 259 g/mol. The van der Waals surface area contributed by atoms with Gasteiger partial charge >= 0.3 is 5.97 Å². The number of ether oxygens (including phenoxy) is 1. The lowest BCUT2D eigenvalue weighted by Gasteiger charge is -1.92. The van der Waals surface area contributed by atoms with Gasteiger partial charge in [-0.15, -0.1) is 11.3 Å². The Hall–Kier alpha value is -0.660. The minimum Gasteiger partial charge on any atom is -0.465 e. The molecule has 8 heteroatoms. The molecule has 0 aliphatic carbocycles. The van der Waals surface area contributed by atoms with E-state index in [1.54, 1.807) is 0 Å². The summed E-state index contributed by atoms with van der Waals surface area (Å²) in [4.78, 5) is 10.5. The molecule has 0 atom stereocenters. The predicted molar refractivity (Wildman–Crippen MR) is 48.7 cm³/mol.